The fourth-order valence-electron chi connectivity index (χ4n) is 2.88. The number of benzene rings is 1. The highest BCUT2D eigenvalue weighted by molar-refractivity contribution is 7.91. The molecule has 1 aromatic carbocycles. The van der Waals surface area contributed by atoms with Crippen molar-refractivity contribution in [3.8, 4) is 0 Å². The van der Waals surface area contributed by atoms with Gasteiger partial charge < -0.3 is 0 Å². The lowest BCUT2D eigenvalue weighted by Crippen LogP contribution is -2.20. The highest BCUT2D eigenvalue weighted by atomic mass is 32.2. The average molecular weight is 294 g/mol. The van der Waals surface area contributed by atoms with Gasteiger partial charge in [-0.1, -0.05) is 31.2 Å². The number of hydrogen-bond donors (Lipinski definition) is 0. The molecular formula is C16H22O3S. The second-order valence-corrected chi connectivity index (χ2v) is 7.85. The summed E-state index contributed by atoms with van der Waals surface area (Å²) in [7, 11) is -3.00. The van der Waals surface area contributed by atoms with Crippen molar-refractivity contribution in [3.63, 3.8) is 0 Å². The van der Waals surface area contributed by atoms with Crippen LogP contribution < -0.4 is 0 Å². The molecule has 0 spiro atoms. The summed E-state index contributed by atoms with van der Waals surface area (Å²) in [5, 5.41) is 0. The van der Waals surface area contributed by atoms with Gasteiger partial charge in [0, 0.05) is 17.2 Å². The van der Waals surface area contributed by atoms with Gasteiger partial charge in [0.25, 0.3) is 0 Å². The normalized spacial score (nSPS) is 19.4. The minimum Gasteiger partial charge on any atom is -0.294 e. The summed E-state index contributed by atoms with van der Waals surface area (Å²) in [6, 6.07) is 7.71. The molecular weight excluding hydrogens is 272 g/mol. The van der Waals surface area contributed by atoms with Crippen LogP contribution in [-0.2, 0) is 16.3 Å². The van der Waals surface area contributed by atoms with Crippen molar-refractivity contribution in [3.05, 3.63) is 35.4 Å². The van der Waals surface area contributed by atoms with Crippen LogP contribution in [0.2, 0.25) is 0 Å². The van der Waals surface area contributed by atoms with Crippen LogP contribution in [0.1, 0.15) is 48.5 Å². The van der Waals surface area contributed by atoms with Gasteiger partial charge in [0.1, 0.15) is 9.84 Å². The lowest BCUT2D eigenvalue weighted by molar-refractivity contribution is 0.0913. The van der Waals surface area contributed by atoms with Gasteiger partial charge in [-0.3, -0.25) is 4.79 Å². The average Bonchev–Trinajstić information content (AvgIpc) is 2.57. The Morgan fingerprint density at radius 2 is 1.95 bits per heavy atom. The summed E-state index contributed by atoms with van der Waals surface area (Å²) in [6.45, 7) is 1.87. The second kappa shape index (κ2) is 6.53. The van der Waals surface area contributed by atoms with Crippen LogP contribution in [0.25, 0.3) is 0 Å². The number of Topliss-reactive ketones (excluding diaryl/α,β-unsaturated/α-hetero) is 1. The molecule has 1 aromatic rings. The van der Waals surface area contributed by atoms with Crippen LogP contribution in [0.5, 0.6) is 0 Å². The molecule has 20 heavy (non-hydrogen) atoms. The van der Waals surface area contributed by atoms with Crippen molar-refractivity contribution in [2.24, 2.45) is 5.92 Å². The minimum absolute atomic E-state index is 0.129. The molecule has 0 amide bonds. The zero-order valence-corrected chi connectivity index (χ0v) is 12.8. The van der Waals surface area contributed by atoms with Crippen LogP contribution in [0.3, 0.4) is 0 Å². The maximum Gasteiger partial charge on any atom is 0.166 e. The summed E-state index contributed by atoms with van der Waals surface area (Å²) in [5.74, 6) is 0.360. The number of hydrogen-bond acceptors (Lipinski definition) is 3. The number of rotatable bonds is 5. The largest absolute Gasteiger partial charge is 0.294 e. The summed E-state index contributed by atoms with van der Waals surface area (Å²) >= 11 is 0. The smallest absolute Gasteiger partial charge is 0.166 e. The van der Waals surface area contributed by atoms with Crippen molar-refractivity contribution in [2.75, 3.05) is 11.5 Å². The number of carbonyl (C=O) groups is 1. The van der Waals surface area contributed by atoms with E-state index >= 15 is 0 Å². The lowest BCUT2D eigenvalue weighted by atomic mass is 9.93. The molecule has 1 aliphatic rings. The van der Waals surface area contributed by atoms with E-state index in [1.165, 1.54) is 0 Å². The lowest BCUT2D eigenvalue weighted by Gasteiger charge is -2.13. The fraction of sp³-hybridized carbons (Fsp3) is 0.562. The van der Waals surface area contributed by atoms with Gasteiger partial charge in [0.15, 0.2) is 5.78 Å². The Morgan fingerprint density at radius 1 is 1.20 bits per heavy atom. The molecule has 0 aliphatic heterocycles. The summed E-state index contributed by atoms with van der Waals surface area (Å²) in [4.78, 5) is 12.5. The molecule has 1 atom stereocenters. The van der Waals surface area contributed by atoms with E-state index in [4.69, 9.17) is 0 Å². The maximum absolute atomic E-state index is 12.5. The van der Waals surface area contributed by atoms with Crippen molar-refractivity contribution in [2.45, 2.75) is 39.0 Å². The molecule has 2 rings (SSSR count). The first kappa shape index (κ1) is 15.2. The van der Waals surface area contributed by atoms with E-state index in [9.17, 15) is 13.2 Å². The SMILES string of the molecule is CCCS(=O)(=O)CCC1CCCc2ccccc2C1=O. The Bertz CT molecular complexity index is 575. The molecule has 3 nitrogen and oxygen atoms in total. The summed E-state index contributed by atoms with van der Waals surface area (Å²) < 4.78 is 23.6. The molecule has 0 saturated carbocycles. The predicted octanol–water partition coefficient (Wildman–Crippen LogP) is 3.04. The summed E-state index contributed by atoms with van der Waals surface area (Å²) in [5.41, 5.74) is 1.90. The van der Waals surface area contributed by atoms with Gasteiger partial charge in [-0.15, -0.1) is 0 Å². The highest BCUT2D eigenvalue weighted by Crippen LogP contribution is 2.27. The van der Waals surface area contributed by atoms with Crippen molar-refractivity contribution >= 4 is 15.6 Å². The Labute approximate surface area is 121 Å². The van der Waals surface area contributed by atoms with E-state index in [1.54, 1.807) is 0 Å². The Balaban J connectivity index is 2.09. The Kier molecular flexibility index (Phi) is 4.97. The Hall–Kier alpha value is -1.16. The molecule has 1 unspecified atom stereocenters. The number of sulfone groups is 1. The van der Waals surface area contributed by atoms with Crippen molar-refractivity contribution in [1.29, 1.82) is 0 Å². The molecule has 0 heterocycles. The topological polar surface area (TPSA) is 51.2 Å². The first-order valence-electron chi connectivity index (χ1n) is 7.36. The number of fused-ring (bicyclic) bond motifs is 1. The molecule has 0 aromatic heterocycles. The van der Waals surface area contributed by atoms with Gasteiger partial charge in [-0.25, -0.2) is 8.42 Å². The van der Waals surface area contributed by atoms with E-state index in [-0.39, 0.29) is 23.2 Å². The van der Waals surface area contributed by atoms with Crippen LogP contribution in [-0.4, -0.2) is 25.7 Å². The third kappa shape index (κ3) is 3.69. The van der Waals surface area contributed by atoms with Crippen molar-refractivity contribution in [1.82, 2.24) is 0 Å². The first-order chi connectivity index (χ1) is 9.53. The fourth-order valence-corrected chi connectivity index (χ4v) is 4.35. The maximum atomic E-state index is 12.5. The number of ketones is 1. The van der Waals surface area contributed by atoms with Crippen LogP contribution in [0.4, 0.5) is 0 Å². The van der Waals surface area contributed by atoms with Gasteiger partial charge in [0.2, 0.25) is 0 Å². The summed E-state index contributed by atoms with van der Waals surface area (Å²) in [6.07, 6.45) is 3.79. The van der Waals surface area contributed by atoms with E-state index in [2.05, 4.69) is 0 Å². The third-order valence-electron chi connectivity index (χ3n) is 3.94. The van der Waals surface area contributed by atoms with E-state index < -0.39 is 9.84 Å². The predicted molar refractivity (Wildman–Crippen MR) is 80.8 cm³/mol. The van der Waals surface area contributed by atoms with E-state index in [1.807, 2.05) is 31.2 Å². The molecule has 0 fully saturated rings. The molecule has 0 N–H and O–H groups in total. The second-order valence-electron chi connectivity index (χ2n) is 5.55. The van der Waals surface area contributed by atoms with Crippen LogP contribution >= 0.6 is 0 Å². The third-order valence-corrected chi connectivity index (χ3v) is 5.83. The number of carbonyl (C=O) groups excluding carboxylic acids is 1. The molecule has 4 heteroatoms. The molecule has 0 bridgehead atoms. The van der Waals surface area contributed by atoms with Gasteiger partial charge in [-0.05, 0) is 37.7 Å². The molecule has 0 saturated heterocycles. The quantitative estimate of drug-likeness (QED) is 0.784. The molecule has 0 radical (unpaired) electrons. The zero-order valence-electron chi connectivity index (χ0n) is 12.0. The Morgan fingerprint density at radius 3 is 2.70 bits per heavy atom. The van der Waals surface area contributed by atoms with Crippen LogP contribution in [0, 0.1) is 5.92 Å². The van der Waals surface area contributed by atoms with Crippen molar-refractivity contribution < 1.29 is 13.2 Å². The zero-order chi connectivity index (χ0) is 14.6. The monoisotopic (exact) mass is 294 g/mol. The van der Waals surface area contributed by atoms with Crippen LogP contribution in [0.15, 0.2) is 24.3 Å². The van der Waals surface area contributed by atoms with Gasteiger partial charge in [0.05, 0.1) is 5.75 Å². The standard InChI is InChI=1S/C16H22O3S/c1-2-11-20(18,19)12-10-14-8-5-7-13-6-3-4-9-15(13)16(14)17/h3-4,6,9,14H,2,5,7-8,10-12H2,1H3. The number of aryl methyl sites for hydroxylation is 1. The highest BCUT2D eigenvalue weighted by Gasteiger charge is 2.26. The van der Waals surface area contributed by atoms with Gasteiger partial charge in [-0.2, -0.15) is 0 Å². The first-order valence-corrected chi connectivity index (χ1v) is 9.18. The van der Waals surface area contributed by atoms with E-state index in [0.29, 0.717) is 12.8 Å². The van der Waals surface area contributed by atoms with E-state index in [0.717, 1.165) is 30.4 Å². The van der Waals surface area contributed by atoms with Gasteiger partial charge >= 0.3 is 0 Å². The molecule has 110 valence electrons. The molecule has 1 aliphatic carbocycles. The minimum atomic E-state index is -3.00.